The van der Waals surface area contributed by atoms with E-state index >= 15 is 0 Å². The van der Waals surface area contributed by atoms with E-state index in [0.29, 0.717) is 6.54 Å². The monoisotopic (exact) mass is 290 g/mol. The maximum atomic E-state index is 12.3. The Bertz CT molecular complexity index is 503. The van der Waals surface area contributed by atoms with Crippen molar-refractivity contribution in [2.45, 2.75) is 51.7 Å². The predicted molar refractivity (Wildman–Crippen MR) is 80.3 cm³/mol. The van der Waals surface area contributed by atoms with Crippen LogP contribution in [0.2, 0.25) is 0 Å². The van der Waals surface area contributed by atoms with Crippen molar-refractivity contribution in [2.75, 3.05) is 0 Å². The first-order valence-corrected chi connectivity index (χ1v) is 7.37. The molecule has 2 N–H and O–H groups in total. The lowest BCUT2D eigenvalue weighted by molar-refractivity contribution is 0.0696. The number of carbonyl (C=O) groups excluding carboxylic acids is 1. The second kappa shape index (κ2) is 6.61. The van der Waals surface area contributed by atoms with Gasteiger partial charge in [0.15, 0.2) is 0 Å². The standard InChI is InChI=1S/C16H22N2O3/c1-11-4-3-5-12(2)18(11)16(21)17-10-13-6-8-14(9-7-13)15(19)20/h6-9,11-12H,3-5,10H2,1-2H3,(H,17,21)(H,19,20)/t11-,12+. The van der Waals surface area contributed by atoms with Crippen LogP contribution in [0.5, 0.6) is 0 Å². The summed E-state index contributed by atoms with van der Waals surface area (Å²) in [5, 5.41) is 11.8. The molecule has 0 radical (unpaired) electrons. The summed E-state index contributed by atoms with van der Waals surface area (Å²) in [6, 6.07) is 7.05. The smallest absolute Gasteiger partial charge is 0.335 e. The van der Waals surface area contributed by atoms with Crippen LogP contribution >= 0.6 is 0 Å². The van der Waals surface area contributed by atoms with Gasteiger partial charge in [0.1, 0.15) is 0 Å². The van der Waals surface area contributed by atoms with Crippen molar-refractivity contribution in [3.05, 3.63) is 35.4 Å². The van der Waals surface area contributed by atoms with E-state index < -0.39 is 5.97 Å². The van der Waals surface area contributed by atoms with Crippen molar-refractivity contribution < 1.29 is 14.7 Å². The maximum absolute atomic E-state index is 12.3. The Morgan fingerprint density at radius 3 is 2.29 bits per heavy atom. The number of rotatable bonds is 3. The number of aromatic carboxylic acids is 1. The summed E-state index contributed by atoms with van der Waals surface area (Å²) >= 11 is 0. The molecule has 1 aliphatic rings. The molecule has 5 nitrogen and oxygen atoms in total. The van der Waals surface area contributed by atoms with Gasteiger partial charge in [0.2, 0.25) is 0 Å². The molecule has 1 aromatic rings. The van der Waals surface area contributed by atoms with Gasteiger partial charge in [-0.25, -0.2) is 9.59 Å². The normalized spacial score (nSPS) is 21.9. The SMILES string of the molecule is C[C@@H]1CCC[C@H](C)N1C(=O)NCc1ccc(C(=O)O)cc1. The van der Waals surface area contributed by atoms with E-state index in [-0.39, 0.29) is 23.7 Å². The fraction of sp³-hybridized carbons (Fsp3) is 0.500. The summed E-state index contributed by atoms with van der Waals surface area (Å²) in [4.78, 5) is 25.0. The first-order chi connectivity index (χ1) is 9.99. The number of carboxylic acids is 1. The average Bonchev–Trinajstić information content (AvgIpc) is 2.45. The Morgan fingerprint density at radius 2 is 1.76 bits per heavy atom. The molecule has 0 bridgehead atoms. The summed E-state index contributed by atoms with van der Waals surface area (Å²) in [5.41, 5.74) is 1.15. The Balaban J connectivity index is 1.92. The van der Waals surface area contributed by atoms with Crippen LogP contribution in [-0.4, -0.2) is 34.1 Å². The lowest BCUT2D eigenvalue weighted by Gasteiger charge is -2.38. The minimum Gasteiger partial charge on any atom is -0.478 e. The Morgan fingerprint density at radius 1 is 1.19 bits per heavy atom. The summed E-state index contributed by atoms with van der Waals surface area (Å²) in [7, 11) is 0. The molecule has 0 aromatic heterocycles. The van der Waals surface area contributed by atoms with E-state index in [9.17, 15) is 9.59 Å². The van der Waals surface area contributed by atoms with Gasteiger partial charge >= 0.3 is 12.0 Å². The Kier molecular flexibility index (Phi) is 4.83. The van der Waals surface area contributed by atoms with Crippen LogP contribution < -0.4 is 5.32 Å². The van der Waals surface area contributed by atoms with Crippen LogP contribution in [0.1, 0.15) is 49.0 Å². The second-order valence-electron chi connectivity index (χ2n) is 5.70. The van der Waals surface area contributed by atoms with Gasteiger partial charge in [-0.15, -0.1) is 0 Å². The third kappa shape index (κ3) is 3.74. The van der Waals surface area contributed by atoms with E-state index in [1.54, 1.807) is 24.3 Å². The Labute approximate surface area is 125 Å². The maximum Gasteiger partial charge on any atom is 0.335 e. The number of piperidine rings is 1. The van der Waals surface area contributed by atoms with Crippen molar-refractivity contribution in [3.63, 3.8) is 0 Å². The molecule has 2 amide bonds. The van der Waals surface area contributed by atoms with Gasteiger partial charge in [0.05, 0.1) is 5.56 Å². The highest BCUT2D eigenvalue weighted by Crippen LogP contribution is 2.22. The summed E-state index contributed by atoms with van der Waals surface area (Å²) in [6.45, 7) is 4.57. The molecule has 5 heteroatoms. The molecule has 1 fully saturated rings. The number of nitrogens with one attached hydrogen (secondary N) is 1. The lowest BCUT2D eigenvalue weighted by Crippen LogP contribution is -2.51. The van der Waals surface area contributed by atoms with Gasteiger partial charge in [-0.3, -0.25) is 0 Å². The van der Waals surface area contributed by atoms with Crippen LogP contribution in [0.15, 0.2) is 24.3 Å². The third-order valence-corrected chi connectivity index (χ3v) is 4.07. The number of hydrogen-bond donors (Lipinski definition) is 2. The predicted octanol–water partition coefficient (Wildman–Crippen LogP) is 2.86. The van der Waals surface area contributed by atoms with Crippen LogP contribution in [0.4, 0.5) is 4.79 Å². The molecule has 2 atom stereocenters. The van der Waals surface area contributed by atoms with Gasteiger partial charge in [-0.1, -0.05) is 12.1 Å². The average molecular weight is 290 g/mol. The number of amides is 2. The molecule has 1 heterocycles. The van der Waals surface area contributed by atoms with Crippen molar-refractivity contribution in [2.24, 2.45) is 0 Å². The molecular weight excluding hydrogens is 268 g/mol. The van der Waals surface area contributed by atoms with Gasteiger partial charge in [0.25, 0.3) is 0 Å². The number of likely N-dealkylation sites (tertiary alicyclic amines) is 1. The molecule has 0 unspecified atom stereocenters. The first-order valence-electron chi connectivity index (χ1n) is 7.37. The molecule has 0 spiro atoms. The number of nitrogens with zero attached hydrogens (tertiary/aromatic N) is 1. The summed E-state index contributed by atoms with van der Waals surface area (Å²) in [5.74, 6) is -0.943. The zero-order valence-corrected chi connectivity index (χ0v) is 12.5. The van der Waals surface area contributed by atoms with E-state index in [4.69, 9.17) is 5.11 Å². The molecular formula is C16H22N2O3. The van der Waals surface area contributed by atoms with E-state index in [0.717, 1.165) is 18.4 Å². The molecule has 1 saturated heterocycles. The number of carbonyl (C=O) groups is 2. The van der Waals surface area contributed by atoms with Crippen LogP contribution in [0.25, 0.3) is 0 Å². The van der Waals surface area contributed by atoms with E-state index in [1.165, 1.54) is 6.42 Å². The molecule has 1 aromatic carbocycles. The van der Waals surface area contributed by atoms with Gasteiger partial charge < -0.3 is 15.3 Å². The van der Waals surface area contributed by atoms with Gasteiger partial charge in [-0.2, -0.15) is 0 Å². The quantitative estimate of drug-likeness (QED) is 0.899. The Hall–Kier alpha value is -2.04. The van der Waals surface area contributed by atoms with Crippen LogP contribution in [0.3, 0.4) is 0 Å². The van der Waals surface area contributed by atoms with Crippen LogP contribution in [-0.2, 0) is 6.54 Å². The molecule has 21 heavy (non-hydrogen) atoms. The highest BCUT2D eigenvalue weighted by molar-refractivity contribution is 5.87. The zero-order valence-electron chi connectivity index (χ0n) is 12.5. The van der Waals surface area contributed by atoms with E-state index in [2.05, 4.69) is 19.2 Å². The molecule has 114 valence electrons. The van der Waals surface area contributed by atoms with Gasteiger partial charge in [0, 0.05) is 18.6 Å². The first kappa shape index (κ1) is 15.4. The number of benzene rings is 1. The van der Waals surface area contributed by atoms with Crippen molar-refractivity contribution in [1.82, 2.24) is 10.2 Å². The third-order valence-electron chi connectivity index (χ3n) is 4.07. The number of hydrogen-bond acceptors (Lipinski definition) is 2. The minimum atomic E-state index is -0.943. The highest BCUT2D eigenvalue weighted by Gasteiger charge is 2.28. The zero-order chi connectivity index (χ0) is 15.4. The fourth-order valence-electron chi connectivity index (χ4n) is 2.86. The molecule has 0 aliphatic carbocycles. The second-order valence-corrected chi connectivity index (χ2v) is 5.70. The number of carboxylic acid groups (broad SMARTS) is 1. The molecule has 2 rings (SSSR count). The lowest BCUT2D eigenvalue weighted by atomic mass is 9.98. The summed E-state index contributed by atoms with van der Waals surface area (Å²) < 4.78 is 0. The fourth-order valence-corrected chi connectivity index (χ4v) is 2.86. The van der Waals surface area contributed by atoms with E-state index in [1.807, 2.05) is 4.90 Å². The topological polar surface area (TPSA) is 69.6 Å². The summed E-state index contributed by atoms with van der Waals surface area (Å²) in [6.07, 6.45) is 3.26. The molecule has 1 aliphatic heterocycles. The van der Waals surface area contributed by atoms with Crippen molar-refractivity contribution in [1.29, 1.82) is 0 Å². The van der Waals surface area contributed by atoms with Crippen LogP contribution in [0, 0.1) is 0 Å². The minimum absolute atomic E-state index is 0.0444. The van der Waals surface area contributed by atoms with Crippen molar-refractivity contribution in [3.8, 4) is 0 Å². The van der Waals surface area contributed by atoms with Crippen molar-refractivity contribution >= 4 is 12.0 Å². The largest absolute Gasteiger partial charge is 0.478 e. The highest BCUT2D eigenvalue weighted by atomic mass is 16.4. The molecule has 0 saturated carbocycles. The number of urea groups is 1. The van der Waals surface area contributed by atoms with Gasteiger partial charge in [-0.05, 0) is 50.8 Å².